The lowest BCUT2D eigenvalue weighted by Crippen LogP contribution is -2.14. The molecule has 33 heavy (non-hydrogen) atoms. The molecule has 2 heterocycles. The van der Waals surface area contributed by atoms with Crippen LogP contribution in [0.2, 0.25) is 15.1 Å². The molecular weight excluding hydrogens is 487 g/mol. The predicted octanol–water partition coefficient (Wildman–Crippen LogP) is 5.15. The highest BCUT2D eigenvalue weighted by molar-refractivity contribution is 6.40. The summed E-state index contributed by atoms with van der Waals surface area (Å²) in [6.07, 6.45) is 0.385. The molecule has 10 heteroatoms. The largest absolute Gasteiger partial charge is 0.491 e. The van der Waals surface area contributed by atoms with E-state index in [9.17, 15) is 4.79 Å². The molecule has 0 saturated heterocycles. The highest BCUT2D eigenvalue weighted by Crippen LogP contribution is 2.34. The standard InChI is InChI=1S/C23H21Cl3N4O3/c1-12(2)20-19-22(30(29-20)21-16(25)10-14(24)11-17(21)26)27-18(28-23(19)32)9-13-3-5-15(6-4-13)33-8-7-31/h3-6,10-12,31H,7-9H2,1-2H3,(H,27,28,32). The normalized spacial score (nSPS) is 11.5. The Morgan fingerprint density at radius 1 is 1.12 bits per heavy atom. The summed E-state index contributed by atoms with van der Waals surface area (Å²) >= 11 is 19.0. The van der Waals surface area contributed by atoms with Gasteiger partial charge in [0.25, 0.3) is 5.56 Å². The van der Waals surface area contributed by atoms with Crippen molar-refractivity contribution in [2.24, 2.45) is 0 Å². The lowest BCUT2D eigenvalue weighted by molar-refractivity contribution is 0.201. The van der Waals surface area contributed by atoms with Crippen molar-refractivity contribution in [1.29, 1.82) is 0 Å². The first kappa shape index (κ1) is 23.6. The number of fused-ring (bicyclic) bond motifs is 1. The van der Waals surface area contributed by atoms with Gasteiger partial charge in [0.2, 0.25) is 0 Å². The first-order chi connectivity index (χ1) is 15.8. The number of ether oxygens (including phenoxy) is 1. The van der Waals surface area contributed by atoms with Crippen molar-refractivity contribution in [2.75, 3.05) is 13.2 Å². The zero-order valence-corrected chi connectivity index (χ0v) is 20.2. The topological polar surface area (TPSA) is 93.0 Å². The van der Waals surface area contributed by atoms with E-state index in [0.717, 1.165) is 5.56 Å². The molecule has 0 spiro atoms. The van der Waals surface area contributed by atoms with Crippen molar-refractivity contribution in [1.82, 2.24) is 19.7 Å². The molecule has 0 fully saturated rings. The van der Waals surface area contributed by atoms with Crippen LogP contribution < -0.4 is 10.3 Å². The second kappa shape index (κ2) is 9.73. The van der Waals surface area contributed by atoms with Crippen molar-refractivity contribution in [3.8, 4) is 11.4 Å². The minimum Gasteiger partial charge on any atom is -0.491 e. The first-order valence-corrected chi connectivity index (χ1v) is 11.4. The van der Waals surface area contributed by atoms with Crippen LogP contribution >= 0.6 is 34.8 Å². The zero-order valence-electron chi connectivity index (χ0n) is 17.9. The van der Waals surface area contributed by atoms with Crippen molar-refractivity contribution in [2.45, 2.75) is 26.2 Å². The third-order valence-electron chi connectivity index (χ3n) is 5.01. The lowest BCUT2D eigenvalue weighted by atomic mass is 10.1. The molecule has 0 amide bonds. The molecule has 0 radical (unpaired) electrons. The average Bonchev–Trinajstić information content (AvgIpc) is 3.13. The molecule has 0 aliphatic heterocycles. The van der Waals surface area contributed by atoms with E-state index >= 15 is 0 Å². The number of nitrogens with zero attached hydrogens (tertiary/aromatic N) is 3. The predicted molar refractivity (Wildman–Crippen MR) is 130 cm³/mol. The van der Waals surface area contributed by atoms with E-state index in [1.807, 2.05) is 26.0 Å². The smallest absolute Gasteiger partial charge is 0.262 e. The molecule has 0 unspecified atom stereocenters. The van der Waals surface area contributed by atoms with Crippen LogP contribution in [0.5, 0.6) is 5.75 Å². The molecule has 7 nitrogen and oxygen atoms in total. The van der Waals surface area contributed by atoms with E-state index in [4.69, 9.17) is 49.6 Å². The number of aliphatic hydroxyl groups is 1. The van der Waals surface area contributed by atoms with Gasteiger partial charge in [-0.1, -0.05) is 60.8 Å². The van der Waals surface area contributed by atoms with Gasteiger partial charge in [-0.3, -0.25) is 4.79 Å². The molecule has 2 aromatic carbocycles. The Balaban J connectivity index is 1.82. The van der Waals surface area contributed by atoms with Gasteiger partial charge in [-0.15, -0.1) is 0 Å². The minimum absolute atomic E-state index is 0.0289. The van der Waals surface area contributed by atoms with Crippen LogP contribution in [0.3, 0.4) is 0 Å². The molecule has 0 bridgehead atoms. The molecule has 4 aromatic rings. The van der Waals surface area contributed by atoms with Crippen LogP contribution in [-0.2, 0) is 6.42 Å². The van der Waals surface area contributed by atoms with Crippen molar-refractivity contribution >= 4 is 45.8 Å². The molecule has 2 N–H and O–H groups in total. The fourth-order valence-corrected chi connectivity index (χ4v) is 4.51. The summed E-state index contributed by atoms with van der Waals surface area (Å²) in [5.74, 6) is 1.09. The molecule has 0 atom stereocenters. The second-order valence-electron chi connectivity index (χ2n) is 7.77. The Hall–Kier alpha value is -2.58. The summed E-state index contributed by atoms with van der Waals surface area (Å²) < 4.78 is 6.90. The number of hydrogen-bond donors (Lipinski definition) is 2. The van der Waals surface area contributed by atoms with Gasteiger partial charge in [-0.25, -0.2) is 9.67 Å². The molecular formula is C23H21Cl3N4O3. The van der Waals surface area contributed by atoms with Gasteiger partial charge >= 0.3 is 0 Å². The van der Waals surface area contributed by atoms with Crippen LogP contribution in [0.15, 0.2) is 41.2 Å². The SMILES string of the molecule is CC(C)c1nn(-c2c(Cl)cc(Cl)cc2Cl)c2nc(Cc3ccc(OCCO)cc3)[nH]c(=O)c12. The minimum atomic E-state index is -0.283. The number of benzene rings is 2. The highest BCUT2D eigenvalue weighted by Gasteiger charge is 2.23. The summed E-state index contributed by atoms with van der Waals surface area (Å²) in [6, 6.07) is 10.5. The maximum atomic E-state index is 13.1. The van der Waals surface area contributed by atoms with E-state index < -0.39 is 0 Å². The van der Waals surface area contributed by atoms with Crippen LogP contribution in [0.4, 0.5) is 0 Å². The number of halogens is 3. The summed E-state index contributed by atoms with van der Waals surface area (Å²) in [6.45, 7) is 4.07. The Kier molecular flexibility index (Phi) is 6.95. The fraction of sp³-hybridized carbons (Fsp3) is 0.261. The van der Waals surface area contributed by atoms with Gasteiger partial charge < -0.3 is 14.8 Å². The van der Waals surface area contributed by atoms with Crippen LogP contribution in [0.1, 0.15) is 36.8 Å². The van der Waals surface area contributed by atoms with Gasteiger partial charge in [0.1, 0.15) is 29.3 Å². The molecule has 2 aromatic heterocycles. The van der Waals surface area contributed by atoms with E-state index in [2.05, 4.69) is 10.1 Å². The van der Waals surface area contributed by atoms with Crippen molar-refractivity contribution in [3.05, 3.63) is 78.9 Å². The monoisotopic (exact) mass is 506 g/mol. The van der Waals surface area contributed by atoms with Gasteiger partial charge in [0.05, 0.1) is 22.3 Å². The van der Waals surface area contributed by atoms with E-state index in [0.29, 0.717) is 55.5 Å². The molecule has 172 valence electrons. The molecule has 0 aliphatic carbocycles. The van der Waals surface area contributed by atoms with Crippen molar-refractivity contribution in [3.63, 3.8) is 0 Å². The number of aliphatic hydroxyl groups excluding tert-OH is 1. The Labute approximate surface area is 204 Å². The maximum absolute atomic E-state index is 13.1. The van der Waals surface area contributed by atoms with Gasteiger partial charge in [-0.05, 0) is 35.7 Å². The van der Waals surface area contributed by atoms with E-state index in [-0.39, 0.29) is 24.7 Å². The number of aromatic amines is 1. The van der Waals surface area contributed by atoms with Crippen LogP contribution in [0.25, 0.3) is 16.7 Å². The number of aromatic nitrogens is 4. The Morgan fingerprint density at radius 2 is 1.79 bits per heavy atom. The molecule has 4 rings (SSSR count). The van der Waals surface area contributed by atoms with Gasteiger partial charge in [0, 0.05) is 11.4 Å². The summed E-state index contributed by atoms with van der Waals surface area (Å²) in [4.78, 5) is 20.7. The van der Waals surface area contributed by atoms with Crippen LogP contribution in [-0.4, -0.2) is 38.1 Å². The summed E-state index contributed by atoms with van der Waals surface area (Å²) in [5, 5.41) is 14.9. The molecule has 0 saturated carbocycles. The Morgan fingerprint density at radius 3 is 2.39 bits per heavy atom. The first-order valence-electron chi connectivity index (χ1n) is 10.3. The van der Waals surface area contributed by atoms with Crippen molar-refractivity contribution < 1.29 is 9.84 Å². The fourth-order valence-electron chi connectivity index (χ4n) is 3.54. The number of hydrogen-bond acceptors (Lipinski definition) is 5. The summed E-state index contributed by atoms with van der Waals surface area (Å²) in [7, 11) is 0. The van der Waals surface area contributed by atoms with E-state index in [1.54, 1.807) is 24.3 Å². The summed E-state index contributed by atoms with van der Waals surface area (Å²) in [5.41, 5.74) is 2.01. The molecule has 0 aliphatic rings. The third-order valence-corrected chi connectivity index (χ3v) is 5.80. The van der Waals surface area contributed by atoms with E-state index in [1.165, 1.54) is 4.68 Å². The Bertz CT molecular complexity index is 1340. The quantitative estimate of drug-likeness (QED) is 0.361. The number of H-pyrrole nitrogens is 1. The highest BCUT2D eigenvalue weighted by atomic mass is 35.5. The third kappa shape index (κ3) is 4.87. The maximum Gasteiger partial charge on any atom is 0.262 e. The van der Waals surface area contributed by atoms with Gasteiger partial charge in [-0.2, -0.15) is 5.10 Å². The number of nitrogens with one attached hydrogen (secondary N) is 1. The number of rotatable bonds is 7. The lowest BCUT2D eigenvalue weighted by Gasteiger charge is -2.09. The zero-order chi connectivity index (χ0) is 23.7. The second-order valence-corrected chi connectivity index (χ2v) is 9.02. The van der Waals surface area contributed by atoms with Gasteiger partial charge in [0.15, 0.2) is 5.65 Å². The van der Waals surface area contributed by atoms with Crippen LogP contribution in [0, 0.1) is 0 Å². The average molecular weight is 508 g/mol.